The van der Waals surface area contributed by atoms with Gasteiger partial charge in [-0.2, -0.15) is 0 Å². The summed E-state index contributed by atoms with van der Waals surface area (Å²) in [6.07, 6.45) is 2.43. The van der Waals surface area contributed by atoms with Crippen molar-refractivity contribution in [1.29, 1.82) is 0 Å². The Hall–Kier alpha value is -3.87. The standard InChI is InChI=1S/C24H23N3O4/c1-31-20-9-7-17(8-10-20)23(28)26-19-13-21(24(29)30)22(25-14-19)27-12-11-18(15-27)16-5-3-2-4-6-16/h2-10,13-14,18H,11-12,15H2,1H3,(H,26,28)(H,29,30). The van der Waals surface area contributed by atoms with Gasteiger partial charge in [-0.25, -0.2) is 9.78 Å². The number of carbonyl (C=O) groups excluding carboxylic acids is 1. The number of carbonyl (C=O) groups is 2. The third kappa shape index (κ3) is 4.50. The second-order valence-electron chi connectivity index (χ2n) is 7.43. The van der Waals surface area contributed by atoms with Crippen LogP contribution in [0.25, 0.3) is 0 Å². The molecule has 0 bridgehead atoms. The van der Waals surface area contributed by atoms with Crippen LogP contribution < -0.4 is 15.0 Å². The maximum Gasteiger partial charge on any atom is 0.339 e. The molecule has 7 heteroatoms. The van der Waals surface area contributed by atoms with Crippen molar-refractivity contribution in [2.75, 3.05) is 30.4 Å². The number of anilines is 2. The van der Waals surface area contributed by atoms with E-state index >= 15 is 0 Å². The minimum Gasteiger partial charge on any atom is -0.497 e. The summed E-state index contributed by atoms with van der Waals surface area (Å²) in [4.78, 5) is 30.8. The number of hydrogen-bond acceptors (Lipinski definition) is 5. The molecule has 0 spiro atoms. The first-order chi connectivity index (χ1) is 15.0. The zero-order valence-corrected chi connectivity index (χ0v) is 17.1. The molecule has 3 aromatic rings. The molecule has 1 saturated heterocycles. The molecule has 1 unspecified atom stereocenters. The van der Waals surface area contributed by atoms with Gasteiger partial charge < -0.3 is 20.1 Å². The molecule has 2 N–H and O–H groups in total. The van der Waals surface area contributed by atoms with Crippen molar-refractivity contribution in [3.63, 3.8) is 0 Å². The molecule has 7 nitrogen and oxygen atoms in total. The highest BCUT2D eigenvalue weighted by atomic mass is 16.5. The lowest BCUT2D eigenvalue weighted by Crippen LogP contribution is -2.23. The Morgan fingerprint density at radius 1 is 1.13 bits per heavy atom. The van der Waals surface area contributed by atoms with Gasteiger partial charge in [0.15, 0.2) is 0 Å². The van der Waals surface area contributed by atoms with Crippen molar-refractivity contribution in [3.8, 4) is 5.75 Å². The van der Waals surface area contributed by atoms with Gasteiger partial charge in [0.05, 0.1) is 19.0 Å². The number of amides is 1. The number of ether oxygens (including phenoxy) is 1. The second kappa shape index (κ2) is 8.87. The Morgan fingerprint density at radius 2 is 1.87 bits per heavy atom. The summed E-state index contributed by atoms with van der Waals surface area (Å²) >= 11 is 0. The van der Waals surface area contributed by atoms with E-state index in [2.05, 4.69) is 22.4 Å². The number of carboxylic acids is 1. The number of benzene rings is 2. The van der Waals surface area contributed by atoms with E-state index in [0.717, 1.165) is 13.0 Å². The fourth-order valence-electron chi connectivity index (χ4n) is 3.83. The van der Waals surface area contributed by atoms with E-state index in [4.69, 9.17) is 4.74 Å². The highest BCUT2D eigenvalue weighted by Gasteiger charge is 2.28. The van der Waals surface area contributed by atoms with Gasteiger partial charge in [0.25, 0.3) is 5.91 Å². The molecule has 1 atom stereocenters. The molecule has 31 heavy (non-hydrogen) atoms. The quantitative estimate of drug-likeness (QED) is 0.629. The van der Waals surface area contributed by atoms with Gasteiger partial charge >= 0.3 is 5.97 Å². The molecular weight excluding hydrogens is 394 g/mol. The molecule has 2 heterocycles. The highest BCUT2D eigenvalue weighted by molar-refractivity contribution is 6.05. The van der Waals surface area contributed by atoms with Crippen LogP contribution in [0.2, 0.25) is 0 Å². The smallest absolute Gasteiger partial charge is 0.339 e. The summed E-state index contributed by atoms with van der Waals surface area (Å²) in [7, 11) is 1.55. The number of aromatic carboxylic acids is 1. The largest absolute Gasteiger partial charge is 0.497 e. The predicted octanol–water partition coefficient (Wildman–Crippen LogP) is 4.03. The minimum absolute atomic E-state index is 0.0706. The average Bonchev–Trinajstić information content (AvgIpc) is 3.30. The van der Waals surface area contributed by atoms with Crippen molar-refractivity contribution < 1.29 is 19.4 Å². The summed E-state index contributed by atoms with van der Waals surface area (Å²) in [6.45, 7) is 1.43. The molecule has 4 rings (SSSR count). The van der Waals surface area contributed by atoms with Crippen LogP contribution in [0.3, 0.4) is 0 Å². The number of nitrogens with one attached hydrogen (secondary N) is 1. The number of pyridine rings is 1. The average molecular weight is 417 g/mol. The van der Waals surface area contributed by atoms with E-state index < -0.39 is 5.97 Å². The van der Waals surface area contributed by atoms with Crippen molar-refractivity contribution in [1.82, 2.24) is 4.98 Å². The molecule has 0 aliphatic carbocycles. The summed E-state index contributed by atoms with van der Waals surface area (Å²) in [5.74, 6) is -0.0207. The Balaban J connectivity index is 1.51. The SMILES string of the molecule is COc1ccc(C(=O)Nc2cnc(N3CCC(c4ccccc4)C3)c(C(=O)O)c2)cc1. The molecule has 158 valence electrons. The molecule has 1 aromatic heterocycles. The van der Waals surface area contributed by atoms with Crippen molar-refractivity contribution in [3.05, 3.63) is 83.6 Å². The zero-order valence-electron chi connectivity index (χ0n) is 17.1. The number of rotatable bonds is 6. The number of aromatic nitrogens is 1. The topological polar surface area (TPSA) is 91.8 Å². The summed E-state index contributed by atoms with van der Waals surface area (Å²) in [5.41, 5.74) is 2.08. The van der Waals surface area contributed by atoms with Crippen molar-refractivity contribution in [2.45, 2.75) is 12.3 Å². The molecule has 0 radical (unpaired) electrons. The van der Waals surface area contributed by atoms with E-state index in [1.807, 2.05) is 23.1 Å². The second-order valence-corrected chi connectivity index (χ2v) is 7.43. The van der Waals surface area contributed by atoms with Crippen LogP contribution in [0.1, 0.15) is 38.6 Å². The first kappa shape index (κ1) is 20.4. The van der Waals surface area contributed by atoms with Gasteiger partial charge in [-0.15, -0.1) is 0 Å². The molecule has 1 fully saturated rings. The van der Waals surface area contributed by atoms with Crippen LogP contribution in [0.4, 0.5) is 11.5 Å². The fraction of sp³-hybridized carbons (Fsp3) is 0.208. The lowest BCUT2D eigenvalue weighted by atomic mass is 9.99. The molecule has 1 aliphatic rings. The van der Waals surface area contributed by atoms with Crippen molar-refractivity contribution >= 4 is 23.4 Å². The maximum atomic E-state index is 12.5. The van der Waals surface area contributed by atoms with Crippen LogP contribution in [-0.2, 0) is 0 Å². The maximum absolute atomic E-state index is 12.5. The number of carboxylic acid groups (broad SMARTS) is 1. The lowest BCUT2D eigenvalue weighted by molar-refractivity contribution is 0.0696. The molecule has 1 aliphatic heterocycles. The van der Waals surface area contributed by atoms with Crippen LogP contribution in [0.15, 0.2) is 66.9 Å². The Morgan fingerprint density at radius 3 is 2.55 bits per heavy atom. The van der Waals surface area contributed by atoms with Crippen LogP contribution >= 0.6 is 0 Å². The number of methoxy groups -OCH3 is 1. The Labute approximate surface area is 180 Å². The first-order valence-corrected chi connectivity index (χ1v) is 10.0. The van der Waals surface area contributed by atoms with Crippen molar-refractivity contribution in [2.24, 2.45) is 0 Å². The van der Waals surface area contributed by atoms with Gasteiger partial charge in [0.1, 0.15) is 17.1 Å². The molecular formula is C24H23N3O4. The normalized spacial score (nSPS) is 15.5. The van der Waals surface area contributed by atoms with E-state index in [0.29, 0.717) is 35.3 Å². The summed E-state index contributed by atoms with van der Waals surface area (Å²) < 4.78 is 5.10. The van der Waals surface area contributed by atoms with Gasteiger partial charge in [0, 0.05) is 24.6 Å². The monoisotopic (exact) mass is 417 g/mol. The van der Waals surface area contributed by atoms with E-state index in [9.17, 15) is 14.7 Å². The third-order valence-corrected chi connectivity index (χ3v) is 5.47. The van der Waals surface area contributed by atoms with E-state index in [-0.39, 0.29) is 11.5 Å². The lowest BCUT2D eigenvalue weighted by Gasteiger charge is -2.20. The summed E-state index contributed by atoms with van der Waals surface area (Å²) in [6, 6.07) is 18.3. The number of hydrogen-bond donors (Lipinski definition) is 2. The predicted molar refractivity (Wildman–Crippen MR) is 118 cm³/mol. The first-order valence-electron chi connectivity index (χ1n) is 10.0. The van der Waals surface area contributed by atoms with Crippen LogP contribution in [-0.4, -0.2) is 42.2 Å². The van der Waals surface area contributed by atoms with Gasteiger partial charge in [-0.3, -0.25) is 4.79 Å². The summed E-state index contributed by atoms with van der Waals surface area (Å²) in [5, 5.41) is 12.5. The van der Waals surface area contributed by atoms with Gasteiger partial charge in [-0.05, 0) is 42.3 Å². The van der Waals surface area contributed by atoms with Gasteiger partial charge in [0.2, 0.25) is 0 Å². The van der Waals surface area contributed by atoms with E-state index in [1.165, 1.54) is 17.8 Å². The van der Waals surface area contributed by atoms with Crippen LogP contribution in [0.5, 0.6) is 5.75 Å². The highest BCUT2D eigenvalue weighted by Crippen LogP contribution is 2.32. The Bertz CT molecular complexity index is 1080. The van der Waals surface area contributed by atoms with Crippen LogP contribution in [0, 0.1) is 0 Å². The third-order valence-electron chi connectivity index (χ3n) is 5.47. The van der Waals surface area contributed by atoms with Gasteiger partial charge in [-0.1, -0.05) is 30.3 Å². The van der Waals surface area contributed by atoms with E-state index in [1.54, 1.807) is 31.4 Å². The zero-order chi connectivity index (χ0) is 21.8. The fourth-order valence-corrected chi connectivity index (χ4v) is 3.83. The Kier molecular flexibility index (Phi) is 5.84. The molecule has 1 amide bonds. The molecule has 0 saturated carbocycles. The number of nitrogens with zero attached hydrogens (tertiary/aromatic N) is 2. The molecule has 2 aromatic carbocycles. The minimum atomic E-state index is -1.08.